The van der Waals surface area contributed by atoms with Gasteiger partial charge in [0.25, 0.3) is 0 Å². The highest BCUT2D eigenvalue weighted by Gasteiger charge is 2.00. The number of benzene rings is 2. The van der Waals surface area contributed by atoms with Gasteiger partial charge in [-0.25, -0.2) is 5.84 Å². The van der Waals surface area contributed by atoms with Crippen LogP contribution in [-0.4, -0.2) is 13.2 Å². The zero-order valence-corrected chi connectivity index (χ0v) is 9.62. The maximum absolute atomic E-state index is 5.91. The molecule has 2 N–H and O–H groups in total. The summed E-state index contributed by atoms with van der Waals surface area (Å²) in [6, 6.07) is 19.6. The van der Waals surface area contributed by atoms with Crippen LogP contribution in [0.15, 0.2) is 60.7 Å². The Balaban J connectivity index is 1.79. The largest absolute Gasteiger partial charge is 0.492 e. The van der Waals surface area contributed by atoms with Crippen LogP contribution >= 0.6 is 0 Å². The van der Waals surface area contributed by atoms with Crippen LogP contribution < -0.4 is 15.6 Å². The number of nitrogens with two attached hydrogens (primary N) is 1. The number of ether oxygens (including phenoxy) is 1. The molecule has 2 aromatic carbocycles. The number of hydrogen-bond acceptors (Lipinski definition) is 3. The Kier molecular flexibility index (Phi) is 4.00. The molecule has 0 fully saturated rings. The number of rotatable bonds is 5. The third-order valence-electron chi connectivity index (χ3n) is 2.43. The average Bonchev–Trinajstić information content (AvgIpc) is 2.41. The summed E-state index contributed by atoms with van der Waals surface area (Å²) < 4.78 is 5.58. The average molecular weight is 228 g/mol. The van der Waals surface area contributed by atoms with Gasteiger partial charge in [-0.15, -0.1) is 0 Å². The lowest BCUT2D eigenvalue weighted by molar-refractivity contribution is 0.324. The normalized spacial score (nSPS) is 9.94. The first-order valence-electron chi connectivity index (χ1n) is 5.61. The Morgan fingerprint density at radius 2 is 1.47 bits per heavy atom. The van der Waals surface area contributed by atoms with Crippen LogP contribution in [0.25, 0.3) is 0 Å². The Labute approximate surface area is 101 Å². The Morgan fingerprint density at radius 1 is 0.882 bits per heavy atom. The van der Waals surface area contributed by atoms with E-state index in [4.69, 9.17) is 10.6 Å². The van der Waals surface area contributed by atoms with Crippen LogP contribution in [-0.2, 0) is 0 Å². The van der Waals surface area contributed by atoms with Gasteiger partial charge in [0.2, 0.25) is 0 Å². The van der Waals surface area contributed by atoms with Crippen molar-refractivity contribution in [3.63, 3.8) is 0 Å². The molecule has 2 rings (SSSR count). The predicted molar refractivity (Wildman–Crippen MR) is 69.9 cm³/mol. The molecule has 0 aromatic heterocycles. The van der Waals surface area contributed by atoms with Crippen molar-refractivity contribution >= 4 is 5.69 Å². The number of hydrogen-bond donors (Lipinski definition) is 1. The number of anilines is 1. The van der Waals surface area contributed by atoms with E-state index in [2.05, 4.69) is 0 Å². The SMILES string of the molecule is NN(CCOc1ccccc1)c1ccccc1. The van der Waals surface area contributed by atoms with Gasteiger partial charge < -0.3 is 9.75 Å². The fraction of sp³-hybridized carbons (Fsp3) is 0.143. The molecule has 0 atom stereocenters. The first-order chi connectivity index (χ1) is 8.36. The van der Waals surface area contributed by atoms with Gasteiger partial charge in [-0.05, 0) is 24.3 Å². The molecule has 0 aliphatic carbocycles. The molecule has 0 aliphatic rings. The Bertz CT molecular complexity index is 430. The lowest BCUT2D eigenvalue weighted by Crippen LogP contribution is -2.34. The number of para-hydroxylation sites is 2. The van der Waals surface area contributed by atoms with E-state index in [0.717, 1.165) is 11.4 Å². The Hall–Kier alpha value is -2.00. The lowest BCUT2D eigenvalue weighted by Gasteiger charge is -2.18. The van der Waals surface area contributed by atoms with E-state index in [1.54, 1.807) is 5.01 Å². The van der Waals surface area contributed by atoms with Gasteiger partial charge in [-0.3, -0.25) is 0 Å². The second kappa shape index (κ2) is 5.92. The quantitative estimate of drug-likeness (QED) is 0.631. The van der Waals surface area contributed by atoms with Crippen LogP contribution in [0, 0.1) is 0 Å². The van der Waals surface area contributed by atoms with Crippen LogP contribution in [0.1, 0.15) is 0 Å². The van der Waals surface area contributed by atoms with Gasteiger partial charge in [0.1, 0.15) is 12.4 Å². The number of hydrazine groups is 1. The summed E-state index contributed by atoms with van der Waals surface area (Å²) in [7, 11) is 0. The summed E-state index contributed by atoms with van der Waals surface area (Å²) in [6.45, 7) is 1.22. The molecule has 0 unspecified atom stereocenters. The molecule has 0 radical (unpaired) electrons. The van der Waals surface area contributed by atoms with Crippen molar-refractivity contribution in [1.29, 1.82) is 0 Å². The Morgan fingerprint density at radius 3 is 2.12 bits per heavy atom. The molecule has 17 heavy (non-hydrogen) atoms. The summed E-state index contributed by atoms with van der Waals surface area (Å²) >= 11 is 0. The third-order valence-corrected chi connectivity index (χ3v) is 2.43. The van der Waals surface area contributed by atoms with Crippen molar-refractivity contribution in [2.75, 3.05) is 18.2 Å². The molecule has 0 bridgehead atoms. The summed E-state index contributed by atoms with van der Waals surface area (Å²) in [5, 5.41) is 1.68. The molecule has 0 spiro atoms. The summed E-state index contributed by atoms with van der Waals surface area (Å²) in [4.78, 5) is 0. The van der Waals surface area contributed by atoms with Crippen LogP contribution in [0.2, 0.25) is 0 Å². The minimum atomic E-state index is 0.565. The lowest BCUT2D eigenvalue weighted by atomic mass is 10.3. The van der Waals surface area contributed by atoms with Crippen molar-refractivity contribution in [2.45, 2.75) is 0 Å². The third kappa shape index (κ3) is 3.50. The van der Waals surface area contributed by atoms with Gasteiger partial charge in [0, 0.05) is 0 Å². The van der Waals surface area contributed by atoms with Crippen molar-refractivity contribution in [1.82, 2.24) is 0 Å². The fourth-order valence-corrected chi connectivity index (χ4v) is 1.53. The fourth-order valence-electron chi connectivity index (χ4n) is 1.53. The molecule has 3 nitrogen and oxygen atoms in total. The minimum Gasteiger partial charge on any atom is -0.492 e. The highest BCUT2D eigenvalue weighted by atomic mass is 16.5. The summed E-state index contributed by atoms with van der Waals surface area (Å²) in [6.07, 6.45) is 0. The molecule has 0 amide bonds. The molecule has 0 aliphatic heterocycles. The van der Waals surface area contributed by atoms with E-state index < -0.39 is 0 Å². The standard InChI is InChI=1S/C14H16N2O/c15-16(13-7-3-1-4-8-13)11-12-17-14-9-5-2-6-10-14/h1-10H,11-12,15H2. The summed E-state index contributed by atoms with van der Waals surface area (Å²) in [5.41, 5.74) is 0.990. The minimum absolute atomic E-state index is 0.565. The molecule has 88 valence electrons. The highest BCUT2D eigenvalue weighted by molar-refractivity contribution is 5.44. The van der Waals surface area contributed by atoms with Crippen LogP contribution in [0.3, 0.4) is 0 Å². The second-order valence-electron chi connectivity index (χ2n) is 3.69. The second-order valence-corrected chi connectivity index (χ2v) is 3.69. The zero-order valence-electron chi connectivity index (χ0n) is 9.62. The van der Waals surface area contributed by atoms with Gasteiger partial charge in [-0.2, -0.15) is 0 Å². The monoisotopic (exact) mass is 228 g/mol. The van der Waals surface area contributed by atoms with Gasteiger partial charge in [-0.1, -0.05) is 36.4 Å². The molecule has 3 heteroatoms. The molecular formula is C14H16N2O. The van der Waals surface area contributed by atoms with Crippen LogP contribution in [0.4, 0.5) is 5.69 Å². The van der Waals surface area contributed by atoms with Gasteiger partial charge in [0.15, 0.2) is 0 Å². The highest BCUT2D eigenvalue weighted by Crippen LogP contribution is 2.10. The van der Waals surface area contributed by atoms with Gasteiger partial charge in [0.05, 0.1) is 12.2 Å². The summed E-state index contributed by atoms with van der Waals surface area (Å²) in [5.74, 6) is 6.78. The van der Waals surface area contributed by atoms with E-state index >= 15 is 0 Å². The van der Waals surface area contributed by atoms with E-state index in [1.165, 1.54) is 0 Å². The number of nitrogens with zero attached hydrogens (tertiary/aromatic N) is 1. The first kappa shape index (κ1) is 11.5. The van der Waals surface area contributed by atoms with Crippen molar-refractivity contribution in [3.05, 3.63) is 60.7 Å². The first-order valence-corrected chi connectivity index (χ1v) is 5.61. The van der Waals surface area contributed by atoms with Crippen molar-refractivity contribution in [3.8, 4) is 5.75 Å². The molecule has 0 saturated heterocycles. The topological polar surface area (TPSA) is 38.5 Å². The molecule has 0 heterocycles. The van der Waals surface area contributed by atoms with Crippen molar-refractivity contribution < 1.29 is 4.74 Å². The maximum atomic E-state index is 5.91. The van der Waals surface area contributed by atoms with Crippen LogP contribution in [0.5, 0.6) is 5.75 Å². The van der Waals surface area contributed by atoms with E-state index in [0.29, 0.717) is 13.2 Å². The smallest absolute Gasteiger partial charge is 0.119 e. The van der Waals surface area contributed by atoms with E-state index in [9.17, 15) is 0 Å². The van der Waals surface area contributed by atoms with E-state index in [1.807, 2.05) is 60.7 Å². The van der Waals surface area contributed by atoms with Crippen molar-refractivity contribution in [2.24, 2.45) is 5.84 Å². The molecule has 0 saturated carbocycles. The van der Waals surface area contributed by atoms with E-state index in [-0.39, 0.29) is 0 Å². The molecule has 2 aromatic rings. The maximum Gasteiger partial charge on any atom is 0.119 e. The molecular weight excluding hydrogens is 212 g/mol. The van der Waals surface area contributed by atoms with Gasteiger partial charge >= 0.3 is 0 Å². The predicted octanol–water partition coefficient (Wildman–Crippen LogP) is 2.45. The zero-order chi connectivity index (χ0) is 11.9.